The van der Waals surface area contributed by atoms with Gasteiger partial charge in [-0.25, -0.2) is 4.79 Å². The summed E-state index contributed by atoms with van der Waals surface area (Å²) in [5.74, 6) is -0.00552. The highest BCUT2D eigenvalue weighted by Gasteiger charge is 2.36. The first-order valence-corrected chi connectivity index (χ1v) is 12.4. The van der Waals surface area contributed by atoms with Crippen LogP contribution in [0.3, 0.4) is 0 Å². The van der Waals surface area contributed by atoms with Gasteiger partial charge >= 0.3 is 18.4 Å². The molecule has 0 spiro atoms. The van der Waals surface area contributed by atoms with Crippen LogP contribution in [-0.4, -0.2) is 43.7 Å². The van der Waals surface area contributed by atoms with E-state index in [1.54, 1.807) is 0 Å². The van der Waals surface area contributed by atoms with Gasteiger partial charge in [-0.1, -0.05) is 0 Å². The van der Waals surface area contributed by atoms with E-state index in [-0.39, 0.29) is 57.5 Å². The second kappa shape index (κ2) is 13.0. The molecule has 8 N–H and O–H groups in total. The zero-order chi connectivity index (χ0) is 27.8. The molecule has 204 valence electrons. The van der Waals surface area contributed by atoms with Crippen molar-refractivity contribution >= 4 is 46.9 Å². The molecular formula is C21H24F6N6O2S2. The minimum Gasteiger partial charge on any atom is -0.495 e. The topological polar surface area (TPSA) is 138 Å². The first-order chi connectivity index (χ1) is 17.3. The monoisotopic (exact) mass is 570 g/mol. The number of methoxy groups -OCH3 is 1. The van der Waals surface area contributed by atoms with Gasteiger partial charge in [0, 0.05) is 40.1 Å². The van der Waals surface area contributed by atoms with Gasteiger partial charge in [-0.2, -0.15) is 26.3 Å². The molecule has 2 rings (SSSR count). The number of carbonyl (C=O) groups excluding carboxylic acids is 1. The maximum atomic E-state index is 13.6. The van der Waals surface area contributed by atoms with Crippen LogP contribution in [0, 0.1) is 5.41 Å². The average molecular weight is 571 g/mol. The molecule has 2 amide bonds. The fourth-order valence-corrected chi connectivity index (χ4v) is 4.70. The highest BCUT2D eigenvalue weighted by Crippen LogP contribution is 2.42. The number of hydrogen-bond acceptors (Lipinski definition) is 6. The fourth-order valence-electron chi connectivity index (χ4n) is 2.92. The Morgan fingerprint density at radius 2 is 1.59 bits per heavy atom. The minimum absolute atomic E-state index is 0.0791. The van der Waals surface area contributed by atoms with E-state index in [9.17, 15) is 31.1 Å². The molecule has 0 fully saturated rings. The third-order valence-electron chi connectivity index (χ3n) is 4.45. The van der Waals surface area contributed by atoms with Gasteiger partial charge in [0.25, 0.3) is 0 Å². The van der Waals surface area contributed by atoms with Crippen LogP contribution in [0.1, 0.15) is 11.1 Å². The molecule has 0 bridgehead atoms. The first-order valence-electron chi connectivity index (χ1n) is 10.4. The van der Waals surface area contributed by atoms with Crippen LogP contribution < -0.4 is 32.2 Å². The average Bonchev–Trinajstić information content (AvgIpc) is 2.79. The van der Waals surface area contributed by atoms with Crippen molar-refractivity contribution in [3.05, 3.63) is 41.5 Å². The standard InChI is InChI=1S/C21H24F6N6O2S2/c1-35-15-10-17(36-6-4-28)13(21(25,26)27)9-14(15)33-19(34)32-11-2-3-16(12(8-11)20(22,23)24)37-7-5-31-18(29)30/h2-3,8-10H,4-7,28H2,1H3,(H4,29,30,31)(H2,32,33,34). The van der Waals surface area contributed by atoms with Crippen molar-refractivity contribution in [2.24, 2.45) is 11.5 Å². The van der Waals surface area contributed by atoms with E-state index in [0.29, 0.717) is 12.1 Å². The van der Waals surface area contributed by atoms with Crippen LogP contribution in [0.4, 0.5) is 42.5 Å². The number of nitrogens with one attached hydrogen (secondary N) is 4. The smallest absolute Gasteiger partial charge is 0.417 e. The van der Waals surface area contributed by atoms with Crippen molar-refractivity contribution in [2.75, 3.05) is 42.3 Å². The Bertz CT molecular complexity index is 1110. The number of hydrogen-bond donors (Lipinski definition) is 6. The van der Waals surface area contributed by atoms with Crippen molar-refractivity contribution in [1.29, 1.82) is 5.41 Å². The van der Waals surface area contributed by atoms with E-state index in [1.807, 2.05) is 0 Å². The Balaban J connectivity index is 2.26. The first kappa shape index (κ1) is 30.2. The largest absolute Gasteiger partial charge is 0.495 e. The van der Waals surface area contributed by atoms with Crippen LogP contribution in [0.5, 0.6) is 5.75 Å². The van der Waals surface area contributed by atoms with Crippen LogP contribution in [-0.2, 0) is 12.4 Å². The molecule has 0 radical (unpaired) electrons. The van der Waals surface area contributed by atoms with Gasteiger partial charge in [0.05, 0.1) is 23.9 Å². The van der Waals surface area contributed by atoms with E-state index >= 15 is 0 Å². The number of nitrogens with two attached hydrogens (primary N) is 2. The van der Waals surface area contributed by atoms with E-state index < -0.39 is 29.5 Å². The molecule has 0 atom stereocenters. The summed E-state index contributed by atoms with van der Waals surface area (Å²) >= 11 is 1.73. The summed E-state index contributed by atoms with van der Waals surface area (Å²) in [6.45, 7) is 0.296. The molecule has 0 saturated carbocycles. The molecule has 0 aliphatic rings. The Kier molecular flexibility index (Phi) is 10.6. The number of ether oxygens (including phenoxy) is 1. The van der Waals surface area contributed by atoms with E-state index in [1.165, 1.54) is 13.2 Å². The maximum Gasteiger partial charge on any atom is 0.417 e. The zero-order valence-corrected chi connectivity index (χ0v) is 20.9. The van der Waals surface area contributed by atoms with Gasteiger partial charge in [0.2, 0.25) is 0 Å². The summed E-state index contributed by atoms with van der Waals surface area (Å²) in [5.41, 5.74) is 7.91. The Hall–Kier alpha value is -2.98. The second-order valence-corrected chi connectivity index (χ2v) is 9.43. The SMILES string of the molecule is COc1cc(SCCN)c(C(F)(F)F)cc1NC(=O)Nc1ccc(SCCNC(=N)N)c(C(F)(F)F)c1. The highest BCUT2D eigenvalue weighted by molar-refractivity contribution is 7.99. The lowest BCUT2D eigenvalue weighted by Crippen LogP contribution is -2.31. The summed E-state index contributed by atoms with van der Waals surface area (Å²) in [4.78, 5) is 12.2. The minimum atomic E-state index is -4.74. The third-order valence-corrected chi connectivity index (χ3v) is 6.61. The van der Waals surface area contributed by atoms with Gasteiger partial charge in [-0.3, -0.25) is 5.41 Å². The molecule has 8 nitrogen and oxygen atoms in total. The Labute approximate surface area is 216 Å². The maximum absolute atomic E-state index is 13.6. The summed E-state index contributed by atoms with van der Waals surface area (Å²) in [7, 11) is 1.20. The number of benzene rings is 2. The number of urea groups is 1. The van der Waals surface area contributed by atoms with E-state index in [0.717, 1.165) is 35.7 Å². The molecule has 0 aliphatic heterocycles. The fraction of sp³-hybridized carbons (Fsp3) is 0.333. The van der Waals surface area contributed by atoms with Crippen molar-refractivity contribution in [3.63, 3.8) is 0 Å². The van der Waals surface area contributed by atoms with Crippen molar-refractivity contribution in [1.82, 2.24) is 5.32 Å². The molecule has 0 aromatic heterocycles. The normalized spacial score (nSPS) is 11.7. The van der Waals surface area contributed by atoms with E-state index in [4.69, 9.17) is 21.6 Å². The predicted octanol–water partition coefficient (Wildman–Crippen LogP) is 5.00. The van der Waals surface area contributed by atoms with Crippen molar-refractivity contribution in [2.45, 2.75) is 22.1 Å². The van der Waals surface area contributed by atoms with Crippen LogP contribution in [0.15, 0.2) is 40.1 Å². The molecule has 0 unspecified atom stereocenters. The number of halogens is 6. The van der Waals surface area contributed by atoms with Crippen molar-refractivity contribution in [3.8, 4) is 5.75 Å². The molecule has 0 aliphatic carbocycles. The summed E-state index contributed by atoms with van der Waals surface area (Å²) in [5, 5.41) is 13.9. The number of carbonyl (C=O) groups is 1. The molecule has 0 heterocycles. The number of thioether (sulfide) groups is 2. The van der Waals surface area contributed by atoms with Crippen LogP contribution >= 0.6 is 23.5 Å². The number of amides is 2. The molecule has 2 aromatic carbocycles. The molecule has 0 saturated heterocycles. The van der Waals surface area contributed by atoms with Gasteiger partial charge in [0.15, 0.2) is 5.96 Å². The zero-order valence-electron chi connectivity index (χ0n) is 19.3. The quantitative estimate of drug-likeness (QED) is 0.0777. The van der Waals surface area contributed by atoms with Crippen molar-refractivity contribution < 1.29 is 35.9 Å². The lowest BCUT2D eigenvalue weighted by molar-refractivity contribution is -0.140. The third kappa shape index (κ3) is 9.12. The van der Waals surface area contributed by atoms with E-state index in [2.05, 4.69) is 16.0 Å². The van der Waals surface area contributed by atoms with Gasteiger partial charge < -0.3 is 32.2 Å². The number of anilines is 2. The molecule has 37 heavy (non-hydrogen) atoms. The van der Waals surface area contributed by atoms with Gasteiger partial charge in [-0.15, -0.1) is 23.5 Å². The lowest BCUT2D eigenvalue weighted by Gasteiger charge is -2.18. The summed E-state index contributed by atoms with van der Waals surface area (Å²) < 4.78 is 86.6. The van der Waals surface area contributed by atoms with Crippen LogP contribution in [0.25, 0.3) is 0 Å². The summed E-state index contributed by atoms with van der Waals surface area (Å²) in [6, 6.07) is 3.81. The second-order valence-electron chi connectivity index (χ2n) is 7.16. The molecular weight excluding hydrogens is 546 g/mol. The highest BCUT2D eigenvalue weighted by atomic mass is 32.2. The van der Waals surface area contributed by atoms with Gasteiger partial charge in [0.1, 0.15) is 5.75 Å². The number of guanidine groups is 1. The molecule has 16 heteroatoms. The number of rotatable bonds is 10. The lowest BCUT2D eigenvalue weighted by atomic mass is 10.1. The number of alkyl halides is 6. The summed E-state index contributed by atoms with van der Waals surface area (Å²) in [6.07, 6.45) is -9.49. The predicted molar refractivity (Wildman–Crippen MR) is 133 cm³/mol. The van der Waals surface area contributed by atoms with Crippen LogP contribution in [0.2, 0.25) is 0 Å². The Morgan fingerprint density at radius 3 is 2.16 bits per heavy atom. The molecule has 2 aromatic rings. The Morgan fingerprint density at radius 1 is 0.973 bits per heavy atom. The van der Waals surface area contributed by atoms with Gasteiger partial charge in [-0.05, 0) is 30.3 Å².